The third-order valence-electron chi connectivity index (χ3n) is 13.2. The molecule has 3 heteroatoms. The van der Waals surface area contributed by atoms with E-state index in [2.05, 4.69) is 216 Å². The van der Waals surface area contributed by atoms with Gasteiger partial charge in [-0.2, -0.15) is 0 Å². The maximum atomic E-state index is 2.52. The molecule has 0 saturated carbocycles. The van der Waals surface area contributed by atoms with Crippen molar-refractivity contribution in [1.29, 1.82) is 0 Å². The van der Waals surface area contributed by atoms with Gasteiger partial charge in [0.15, 0.2) is 0 Å². The van der Waals surface area contributed by atoms with Crippen molar-refractivity contribution >= 4 is 68.2 Å². The molecule has 11 rings (SSSR count). The predicted molar refractivity (Wildman–Crippen MR) is 255 cm³/mol. The highest BCUT2D eigenvalue weighted by Crippen LogP contribution is 2.48. The molecule has 0 radical (unpaired) electrons. The first-order valence-electron chi connectivity index (χ1n) is 20.7. The van der Waals surface area contributed by atoms with Gasteiger partial charge in [0.2, 0.25) is 6.71 Å². The Hall–Kier alpha value is -5.74. The lowest BCUT2D eigenvalue weighted by molar-refractivity contribution is 0.639. The van der Waals surface area contributed by atoms with Crippen LogP contribution in [0.2, 0.25) is 0 Å². The molecule has 2 heterocycles. The van der Waals surface area contributed by atoms with Gasteiger partial charge >= 0.3 is 0 Å². The van der Waals surface area contributed by atoms with Crippen LogP contribution in [0.1, 0.15) is 49.9 Å². The van der Waals surface area contributed by atoms with E-state index < -0.39 is 0 Å². The molecule has 0 amide bonds. The van der Waals surface area contributed by atoms with Crippen LogP contribution in [-0.4, -0.2) is 6.71 Å². The second kappa shape index (κ2) is 13.9. The number of hydrogen-bond donors (Lipinski definition) is 0. The van der Waals surface area contributed by atoms with E-state index in [4.69, 9.17) is 0 Å². The molecule has 0 atom stereocenters. The van der Waals surface area contributed by atoms with Gasteiger partial charge in [0, 0.05) is 30.4 Å². The van der Waals surface area contributed by atoms with Crippen LogP contribution in [0.25, 0.3) is 43.8 Å². The maximum Gasteiger partial charge on any atom is 0.247 e. The molecule has 0 spiro atoms. The van der Waals surface area contributed by atoms with Gasteiger partial charge in [-0.15, -0.1) is 0 Å². The number of rotatable bonds is 6. The summed E-state index contributed by atoms with van der Waals surface area (Å²) in [4.78, 5) is 5.43. The molecule has 0 bridgehead atoms. The molecule has 0 saturated heterocycles. The smallest absolute Gasteiger partial charge is 0.0911 e. The van der Waals surface area contributed by atoms with E-state index in [0.717, 1.165) is 0 Å². The normalized spacial score (nSPS) is 13.3. The van der Waals surface area contributed by atoms with Crippen molar-refractivity contribution in [3.8, 4) is 22.3 Å². The van der Waals surface area contributed by atoms with Crippen molar-refractivity contribution < 1.29 is 0 Å². The van der Waals surface area contributed by atoms with Gasteiger partial charge in [0.25, 0.3) is 0 Å². The Morgan fingerprint density at radius 2 is 0.712 bits per heavy atom. The molecular formula is C56H43BS2. The number of hydrogen-bond acceptors (Lipinski definition) is 2. The van der Waals surface area contributed by atoms with Crippen LogP contribution in [0.3, 0.4) is 0 Å². The number of benzene rings is 9. The Morgan fingerprint density at radius 3 is 1.14 bits per heavy atom. The maximum absolute atomic E-state index is 2.52. The molecular weight excluding hydrogens is 748 g/mol. The molecule has 0 nitrogen and oxygen atoms in total. The molecule has 0 fully saturated rings. The first kappa shape index (κ1) is 36.4. The highest BCUT2D eigenvalue weighted by Gasteiger charge is 2.40. The summed E-state index contributed by atoms with van der Waals surface area (Å²) >= 11 is 3.92. The summed E-state index contributed by atoms with van der Waals surface area (Å²) < 4.78 is 0. The van der Waals surface area contributed by atoms with Gasteiger partial charge in [-0.1, -0.05) is 226 Å². The minimum Gasteiger partial charge on any atom is -0.0911 e. The van der Waals surface area contributed by atoms with E-state index in [1.807, 2.05) is 23.5 Å². The summed E-state index contributed by atoms with van der Waals surface area (Å²) in [6.07, 6.45) is 0. The fraction of sp³-hybridized carbons (Fsp3) is 0.107. The fourth-order valence-electron chi connectivity index (χ4n) is 9.81. The molecule has 0 unspecified atom stereocenters. The first-order valence-corrected chi connectivity index (χ1v) is 22.3. The van der Waals surface area contributed by atoms with Crippen LogP contribution < -0.4 is 16.4 Å². The second-order valence-corrected chi connectivity index (χ2v) is 19.4. The van der Waals surface area contributed by atoms with Crippen molar-refractivity contribution in [2.24, 2.45) is 0 Å². The minimum atomic E-state index is -0.138. The van der Waals surface area contributed by atoms with Crippen LogP contribution in [-0.2, 0) is 10.8 Å². The molecule has 2 aliphatic rings. The van der Waals surface area contributed by atoms with E-state index in [1.54, 1.807) is 0 Å². The van der Waals surface area contributed by atoms with E-state index in [1.165, 1.54) is 102 Å². The summed E-state index contributed by atoms with van der Waals surface area (Å²) in [5, 5.41) is 5.14. The van der Waals surface area contributed by atoms with Gasteiger partial charge in [0.05, 0.1) is 0 Å². The number of fused-ring (bicyclic) bond motifs is 6. The Kier molecular flexibility index (Phi) is 8.59. The third kappa shape index (κ3) is 5.85. The summed E-state index contributed by atoms with van der Waals surface area (Å²) in [7, 11) is 0. The highest BCUT2D eigenvalue weighted by molar-refractivity contribution is 8.01. The van der Waals surface area contributed by atoms with Crippen molar-refractivity contribution in [3.05, 3.63) is 210 Å². The van der Waals surface area contributed by atoms with Crippen LogP contribution in [0.15, 0.2) is 208 Å². The lowest BCUT2D eigenvalue weighted by Crippen LogP contribution is -2.58. The lowest BCUT2D eigenvalue weighted by atomic mass is 9.36. The van der Waals surface area contributed by atoms with Crippen molar-refractivity contribution in [1.82, 2.24) is 0 Å². The third-order valence-corrected chi connectivity index (χ3v) is 15.5. The quantitative estimate of drug-likeness (QED) is 0.122. The zero-order chi connectivity index (χ0) is 39.9. The largest absolute Gasteiger partial charge is 0.247 e. The second-order valence-electron chi connectivity index (χ2n) is 17.2. The summed E-state index contributed by atoms with van der Waals surface area (Å²) in [6.45, 7) is 9.59. The van der Waals surface area contributed by atoms with E-state index in [9.17, 15) is 0 Å². The predicted octanol–water partition coefficient (Wildman–Crippen LogP) is 13.4. The molecule has 2 aliphatic heterocycles. The Morgan fingerprint density at radius 1 is 0.339 bits per heavy atom. The van der Waals surface area contributed by atoms with Crippen LogP contribution in [0.4, 0.5) is 0 Å². The zero-order valence-electron chi connectivity index (χ0n) is 33.8. The SMILES string of the molecule is CC(C)(c1ccccc1)c1ccc2c(c1)Sc1cc(-c3c4ccccc4c(-c4ccccc4)c4ccccc34)cc3c1B2c1ccc(C(C)(C)c2ccccc2)cc1S3. The lowest BCUT2D eigenvalue weighted by Gasteiger charge is -2.36. The molecule has 9 aromatic rings. The molecule has 282 valence electrons. The molecule has 0 aliphatic carbocycles. The standard InChI is InChI=1S/C56H43BS2/c1-55(2,38-20-10-6-11-21-38)40-28-30-46-48(34-40)58-50-32-37(53-44-26-16-14-24-42(44)52(36-18-8-5-9-19-36)43-25-15-17-27-45(43)53)33-51-54(50)57(46)47-31-29-41(35-49(47)59-51)56(3,4)39-22-12-7-13-23-39/h5-35H,1-4H3. The minimum absolute atomic E-state index is 0.138. The van der Waals surface area contributed by atoms with Crippen LogP contribution in [0, 0.1) is 0 Å². The Bertz CT molecular complexity index is 2910. The van der Waals surface area contributed by atoms with Crippen LogP contribution in [0.5, 0.6) is 0 Å². The van der Waals surface area contributed by atoms with Gasteiger partial charge in [-0.05, 0) is 95.8 Å². The Labute approximate surface area is 356 Å². The molecule has 59 heavy (non-hydrogen) atoms. The van der Waals surface area contributed by atoms with E-state index in [0.29, 0.717) is 0 Å². The van der Waals surface area contributed by atoms with Crippen LogP contribution >= 0.6 is 23.5 Å². The van der Waals surface area contributed by atoms with Crippen molar-refractivity contribution in [2.75, 3.05) is 0 Å². The van der Waals surface area contributed by atoms with Gasteiger partial charge in [0.1, 0.15) is 0 Å². The summed E-state index contributed by atoms with van der Waals surface area (Å²) in [5.74, 6) is 0. The van der Waals surface area contributed by atoms with E-state index in [-0.39, 0.29) is 17.5 Å². The zero-order valence-corrected chi connectivity index (χ0v) is 35.4. The Balaban J connectivity index is 1.15. The monoisotopic (exact) mass is 790 g/mol. The molecule has 0 N–H and O–H groups in total. The summed E-state index contributed by atoms with van der Waals surface area (Å²) in [5.41, 5.74) is 14.5. The van der Waals surface area contributed by atoms with E-state index >= 15 is 0 Å². The topological polar surface area (TPSA) is 0 Å². The molecule has 0 aromatic heterocycles. The highest BCUT2D eigenvalue weighted by atomic mass is 32.2. The van der Waals surface area contributed by atoms with Gasteiger partial charge in [-0.3, -0.25) is 0 Å². The van der Waals surface area contributed by atoms with Gasteiger partial charge in [-0.25, -0.2) is 0 Å². The summed E-state index contributed by atoms with van der Waals surface area (Å²) in [6, 6.07) is 70.6. The fourth-order valence-corrected chi connectivity index (χ4v) is 12.4. The first-order chi connectivity index (χ1) is 28.8. The van der Waals surface area contributed by atoms with Gasteiger partial charge < -0.3 is 0 Å². The average Bonchev–Trinajstić information content (AvgIpc) is 3.28. The van der Waals surface area contributed by atoms with Crippen molar-refractivity contribution in [2.45, 2.75) is 58.1 Å². The molecule has 9 aromatic carbocycles. The average molecular weight is 791 g/mol. The van der Waals surface area contributed by atoms with Crippen molar-refractivity contribution in [3.63, 3.8) is 0 Å².